The number of amides is 4. The molecule has 3 fully saturated rings. The Bertz CT molecular complexity index is 2120. The number of methoxy groups -OCH3 is 1. The van der Waals surface area contributed by atoms with E-state index in [1.54, 1.807) is 4.90 Å². The standard InChI is InChI=1S/C44H56N8O7/c1-26(2)36(49-42(55)58-6)40(53)52-35(17-18-44(52)19-22-59-23-20-44)39-46-25-33(48-39)31-15-11-29(12-16-31)28-9-13-30(14-10-28)32-24-45-38(47-32)34-8-7-21-51(34)41(54)37(27(3)4)50(5)43(56)57/h9-16,24-27,34-37H,7-8,17-23H2,1-6H3,(H,45,47)(H,46,48)(H,49,55)(H,56,57)/t34-,35?,36-,37-/m0/s1. The molecule has 0 radical (unpaired) electrons. The number of imidazole rings is 2. The van der Waals surface area contributed by atoms with E-state index in [-0.39, 0.29) is 41.3 Å². The number of likely N-dealkylation sites (N-methyl/N-ethyl adjacent to an activating group) is 1. The maximum atomic E-state index is 14.3. The van der Waals surface area contributed by atoms with Crippen molar-refractivity contribution in [1.29, 1.82) is 0 Å². The highest BCUT2D eigenvalue weighted by Gasteiger charge is 2.52. The van der Waals surface area contributed by atoms with Crippen molar-refractivity contribution in [3.63, 3.8) is 0 Å². The molecule has 1 unspecified atom stereocenters. The van der Waals surface area contributed by atoms with Crippen LogP contribution < -0.4 is 5.32 Å². The number of hydrogen-bond acceptors (Lipinski definition) is 8. The second-order valence-electron chi connectivity index (χ2n) is 16.7. The number of carboxylic acid groups (broad SMARTS) is 1. The van der Waals surface area contributed by atoms with Gasteiger partial charge in [-0.25, -0.2) is 19.6 Å². The Labute approximate surface area is 344 Å². The molecule has 59 heavy (non-hydrogen) atoms. The first-order chi connectivity index (χ1) is 28.3. The average Bonchev–Trinajstić information content (AvgIpc) is 4.07. The lowest BCUT2D eigenvalue weighted by Gasteiger charge is -2.45. The van der Waals surface area contributed by atoms with Crippen LogP contribution in [0, 0.1) is 11.8 Å². The number of benzene rings is 2. The van der Waals surface area contributed by atoms with Gasteiger partial charge in [0.25, 0.3) is 0 Å². The van der Waals surface area contributed by atoms with Gasteiger partial charge in [0.1, 0.15) is 23.7 Å². The van der Waals surface area contributed by atoms with Crippen LogP contribution in [0.1, 0.15) is 90.0 Å². The first-order valence-electron chi connectivity index (χ1n) is 20.7. The Morgan fingerprint density at radius 3 is 1.86 bits per heavy atom. The molecule has 7 rings (SSSR count). The van der Waals surface area contributed by atoms with Gasteiger partial charge in [-0.3, -0.25) is 14.5 Å². The van der Waals surface area contributed by atoms with Crippen molar-refractivity contribution in [2.75, 3.05) is 33.9 Å². The molecule has 3 aliphatic heterocycles. The molecule has 5 heterocycles. The Kier molecular flexibility index (Phi) is 12.1. The third-order valence-electron chi connectivity index (χ3n) is 12.4. The Balaban J connectivity index is 1.04. The third kappa shape index (κ3) is 8.30. The fraction of sp³-hybridized carbons (Fsp3) is 0.500. The van der Waals surface area contributed by atoms with Crippen LogP contribution >= 0.6 is 0 Å². The fourth-order valence-electron chi connectivity index (χ4n) is 9.20. The molecule has 4 aromatic rings. The molecule has 2 aromatic heterocycles. The van der Waals surface area contributed by atoms with Crippen LogP contribution in [0.25, 0.3) is 33.6 Å². The number of likely N-dealkylation sites (tertiary alicyclic amines) is 2. The molecule has 4 amide bonds. The number of H-pyrrole nitrogens is 2. The zero-order valence-electron chi connectivity index (χ0n) is 34.7. The van der Waals surface area contributed by atoms with E-state index >= 15 is 0 Å². The molecule has 3 saturated heterocycles. The minimum Gasteiger partial charge on any atom is -0.465 e. The number of alkyl carbamates (subject to hydrolysis) is 1. The lowest BCUT2D eigenvalue weighted by atomic mass is 9.86. The van der Waals surface area contributed by atoms with Gasteiger partial charge in [-0.2, -0.15) is 0 Å². The van der Waals surface area contributed by atoms with Crippen LogP contribution in [-0.2, 0) is 19.1 Å². The minimum atomic E-state index is -1.13. The summed E-state index contributed by atoms with van der Waals surface area (Å²) >= 11 is 0. The molecular formula is C44H56N8O7. The summed E-state index contributed by atoms with van der Waals surface area (Å²) < 4.78 is 10.6. The van der Waals surface area contributed by atoms with Crippen LogP contribution in [0.2, 0.25) is 0 Å². The van der Waals surface area contributed by atoms with Crippen LogP contribution in [0.4, 0.5) is 9.59 Å². The predicted molar refractivity (Wildman–Crippen MR) is 221 cm³/mol. The van der Waals surface area contributed by atoms with Gasteiger partial charge >= 0.3 is 12.2 Å². The van der Waals surface area contributed by atoms with Crippen LogP contribution in [0.5, 0.6) is 0 Å². The van der Waals surface area contributed by atoms with Crippen molar-refractivity contribution in [3.8, 4) is 33.6 Å². The van der Waals surface area contributed by atoms with Crippen molar-refractivity contribution in [2.24, 2.45) is 11.8 Å². The summed E-state index contributed by atoms with van der Waals surface area (Å²) in [5.74, 6) is 0.756. The van der Waals surface area contributed by atoms with Crippen molar-refractivity contribution in [1.82, 2.24) is 40.0 Å². The Morgan fingerprint density at radius 2 is 1.36 bits per heavy atom. The average molecular weight is 809 g/mol. The van der Waals surface area contributed by atoms with Gasteiger partial charge in [0.2, 0.25) is 11.8 Å². The summed E-state index contributed by atoms with van der Waals surface area (Å²) in [6.07, 6.45) is 6.59. The van der Waals surface area contributed by atoms with Gasteiger partial charge < -0.3 is 39.7 Å². The summed E-state index contributed by atoms with van der Waals surface area (Å²) in [6.45, 7) is 9.27. The number of aromatic nitrogens is 4. The summed E-state index contributed by atoms with van der Waals surface area (Å²) in [5.41, 5.74) is 5.12. The number of ether oxygens (including phenoxy) is 2. The van der Waals surface area contributed by atoms with E-state index in [0.29, 0.717) is 25.6 Å². The molecule has 0 bridgehead atoms. The Hall–Kier alpha value is -5.70. The summed E-state index contributed by atoms with van der Waals surface area (Å²) in [5, 5.41) is 12.4. The van der Waals surface area contributed by atoms with E-state index in [9.17, 15) is 24.3 Å². The molecule has 2 aromatic carbocycles. The molecule has 15 nitrogen and oxygen atoms in total. The SMILES string of the molecule is COC(=O)N[C@H](C(=O)N1C(c2nc(-c3ccc(-c4ccc(-c5c[nH]c([C@@H]6CCCN6C(=O)[C@H](C(C)C)N(C)C(=O)O)n5)cc4)cc3)c[nH]2)CCC12CCOCC2)C(C)C. The van der Waals surface area contributed by atoms with Gasteiger partial charge in [0.05, 0.1) is 30.6 Å². The van der Waals surface area contributed by atoms with E-state index in [1.807, 2.05) is 69.3 Å². The predicted octanol–water partition coefficient (Wildman–Crippen LogP) is 7.03. The summed E-state index contributed by atoms with van der Waals surface area (Å²) in [7, 11) is 2.75. The topological polar surface area (TPSA) is 186 Å². The van der Waals surface area contributed by atoms with Crippen molar-refractivity contribution in [2.45, 2.75) is 95.9 Å². The van der Waals surface area contributed by atoms with Gasteiger partial charge in [0.15, 0.2) is 0 Å². The number of rotatable bonds is 11. The molecule has 15 heteroatoms. The molecule has 1 spiro atoms. The number of nitrogens with one attached hydrogen (secondary N) is 3. The van der Waals surface area contributed by atoms with E-state index < -0.39 is 24.3 Å². The Morgan fingerprint density at radius 1 is 0.814 bits per heavy atom. The second-order valence-corrected chi connectivity index (χ2v) is 16.7. The molecule has 4 N–H and O–H groups in total. The van der Waals surface area contributed by atoms with E-state index in [0.717, 1.165) is 82.9 Å². The molecule has 0 saturated carbocycles. The molecule has 314 valence electrons. The minimum absolute atomic E-state index is 0.134. The van der Waals surface area contributed by atoms with Crippen molar-refractivity contribution in [3.05, 3.63) is 72.6 Å². The zero-order chi connectivity index (χ0) is 42.0. The first-order valence-corrected chi connectivity index (χ1v) is 20.7. The van der Waals surface area contributed by atoms with Crippen LogP contribution in [0.3, 0.4) is 0 Å². The number of nitrogens with zero attached hydrogens (tertiary/aromatic N) is 5. The largest absolute Gasteiger partial charge is 0.465 e. The maximum Gasteiger partial charge on any atom is 0.407 e. The van der Waals surface area contributed by atoms with Gasteiger partial charge in [-0.05, 0) is 61.5 Å². The number of aromatic amines is 2. The van der Waals surface area contributed by atoms with Crippen LogP contribution in [0.15, 0.2) is 60.9 Å². The highest BCUT2D eigenvalue weighted by molar-refractivity contribution is 5.87. The van der Waals surface area contributed by atoms with Crippen molar-refractivity contribution >= 4 is 24.0 Å². The normalized spacial score (nSPS) is 19.9. The smallest absolute Gasteiger partial charge is 0.407 e. The number of hydrogen-bond donors (Lipinski definition) is 4. The van der Waals surface area contributed by atoms with Gasteiger partial charge in [0, 0.05) is 55.9 Å². The first kappa shape index (κ1) is 41.5. The third-order valence-corrected chi connectivity index (χ3v) is 12.4. The fourth-order valence-corrected chi connectivity index (χ4v) is 9.20. The highest BCUT2D eigenvalue weighted by Crippen LogP contribution is 2.48. The summed E-state index contributed by atoms with van der Waals surface area (Å²) in [6, 6.07) is 14.4. The molecule has 4 atom stereocenters. The van der Waals surface area contributed by atoms with Crippen molar-refractivity contribution < 1.29 is 33.8 Å². The quantitative estimate of drug-likeness (QED) is 0.124. The molecule has 0 aliphatic carbocycles. The number of carbonyl (C=O) groups excluding carboxylic acids is 3. The van der Waals surface area contributed by atoms with Gasteiger partial charge in [-0.15, -0.1) is 0 Å². The van der Waals surface area contributed by atoms with Crippen LogP contribution in [-0.4, -0.2) is 115 Å². The van der Waals surface area contributed by atoms with Gasteiger partial charge in [-0.1, -0.05) is 76.2 Å². The molecular weight excluding hydrogens is 753 g/mol. The second kappa shape index (κ2) is 17.3. The number of carbonyl (C=O) groups is 4. The monoisotopic (exact) mass is 808 g/mol. The van der Waals surface area contributed by atoms with E-state index in [1.165, 1.54) is 14.2 Å². The molecule has 3 aliphatic rings. The summed E-state index contributed by atoms with van der Waals surface area (Å²) in [4.78, 5) is 73.4. The lowest BCUT2D eigenvalue weighted by molar-refractivity contribution is -0.145. The maximum absolute atomic E-state index is 14.3. The highest BCUT2D eigenvalue weighted by atomic mass is 16.5. The lowest BCUT2D eigenvalue weighted by Crippen LogP contribution is -2.58. The van der Waals surface area contributed by atoms with E-state index in [2.05, 4.69) is 39.6 Å². The zero-order valence-corrected chi connectivity index (χ0v) is 34.7. The van der Waals surface area contributed by atoms with E-state index in [4.69, 9.17) is 19.4 Å².